The first-order chi connectivity index (χ1) is 13.8. The number of amides is 3. The quantitative estimate of drug-likeness (QED) is 0.651. The highest BCUT2D eigenvalue weighted by Gasteiger charge is 2.77. The molecule has 2 unspecified atom stereocenters. The number of benzene rings is 1. The van der Waals surface area contributed by atoms with E-state index in [0.29, 0.717) is 23.6 Å². The van der Waals surface area contributed by atoms with Crippen molar-refractivity contribution >= 4 is 35.0 Å². The zero-order valence-corrected chi connectivity index (χ0v) is 17.0. The van der Waals surface area contributed by atoms with Gasteiger partial charge in [0, 0.05) is 13.6 Å². The van der Waals surface area contributed by atoms with Gasteiger partial charge in [0.2, 0.25) is 17.7 Å². The number of aliphatic hydroxyl groups excluding tert-OH is 1. The third kappa shape index (κ3) is 2.77. The fourth-order valence-electron chi connectivity index (χ4n) is 5.39. The Labute approximate surface area is 173 Å². The Morgan fingerprint density at radius 1 is 1.31 bits per heavy atom. The summed E-state index contributed by atoms with van der Waals surface area (Å²) in [6.45, 7) is 1.51. The number of β-amino-alcohol motifs (C(OH)–C–C–N with tert-alkyl or cyclic N) is 1. The summed E-state index contributed by atoms with van der Waals surface area (Å²) in [5.41, 5.74) is -1.49. The van der Waals surface area contributed by atoms with E-state index >= 15 is 0 Å². The number of ether oxygens (including phenoxy) is 1. The van der Waals surface area contributed by atoms with Gasteiger partial charge in [0.1, 0.15) is 11.6 Å². The molecule has 3 aliphatic heterocycles. The molecule has 0 aromatic heterocycles. The van der Waals surface area contributed by atoms with E-state index in [-0.39, 0.29) is 25.0 Å². The summed E-state index contributed by atoms with van der Waals surface area (Å²) < 4.78 is 6.36. The average molecular weight is 422 g/mol. The molecule has 5 atom stereocenters. The number of nitrogens with one attached hydrogen (secondary N) is 2. The van der Waals surface area contributed by atoms with Crippen LogP contribution in [-0.2, 0) is 19.1 Å². The lowest BCUT2D eigenvalue weighted by Crippen LogP contribution is -2.53. The minimum atomic E-state index is -1.11. The smallest absolute Gasteiger partial charge is 0.250 e. The number of para-hydroxylation sites is 1. The monoisotopic (exact) mass is 421 g/mol. The van der Waals surface area contributed by atoms with Crippen molar-refractivity contribution in [2.75, 3.05) is 25.5 Å². The van der Waals surface area contributed by atoms with E-state index in [0.717, 1.165) is 0 Å². The number of nitrogens with zero attached hydrogens (tertiary/aromatic N) is 1. The lowest BCUT2D eigenvalue weighted by Gasteiger charge is -2.33. The maximum atomic E-state index is 13.3. The van der Waals surface area contributed by atoms with Crippen LogP contribution >= 0.6 is 11.6 Å². The van der Waals surface area contributed by atoms with Crippen LogP contribution in [0.25, 0.3) is 0 Å². The zero-order valence-electron chi connectivity index (χ0n) is 16.3. The SMILES string of the molecule is CNC(=O)[C@@H]1[C@H]2C(=O)N(CCO)C(C(=O)Nc3ccccc3Cl)C23CC[C@@]1(C)O3. The second-order valence-electron chi connectivity index (χ2n) is 8.07. The Hall–Kier alpha value is -2.16. The molecule has 1 aromatic rings. The Kier molecular flexibility index (Phi) is 4.83. The average Bonchev–Trinajstić information content (AvgIpc) is 3.25. The zero-order chi connectivity index (χ0) is 21.0. The molecule has 1 spiro atoms. The Morgan fingerprint density at radius 2 is 2.03 bits per heavy atom. The van der Waals surface area contributed by atoms with E-state index in [1.54, 1.807) is 24.3 Å². The van der Waals surface area contributed by atoms with E-state index in [9.17, 15) is 19.5 Å². The lowest BCUT2D eigenvalue weighted by molar-refractivity contribution is -0.144. The second-order valence-corrected chi connectivity index (χ2v) is 8.47. The summed E-state index contributed by atoms with van der Waals surface area (Å²) in [6, 6.07) is 5.86. The first kappa shape index (κ1) is 20.1. The molecule has 3 aliphatic rings. The Morgan fingerprint density at radius 3 is 2.69 bits per heavy atom. The summed E-state index contributed by atoms with van der Waals surface area (Å²) in [4.78, 5) is 40.7. The van der Waals surface area contributed by atoms with Crippen molar-refractivity contribution in [3.05, 3.63) is 29.3 Å². The normalized spacial score (nSPS) is 35.0. The summed E-state index contributed by atoms with van der Waals surface area (Å²) in [7, 11) is 1.52. The van der Waals surface area contributed by atoms with Crippen LogP contribution in [0, 0.1) is 11.8 Å². The number of halogens is 1. The molecule has 3 N–H and O–H groups in total. The fraction of sp³-hybridized carbons (Fsp3) is 0.550. The number of hydrogen-bond donors (Lipinski definition) is 3. The number of fused-ring (bicyclic) bond motifs is 1. The van der Waals surface area contributed by atoms with Gasteiger partial charge in [0.25, 0.3) is 0 Å². The van der Waals surface area contributed by atoms with Crippen LogP contribution in [0.1, 0.15) is 19.8 Å². The van der Waals surface area contributed by atoms with Crippen LogP contribution in [0.15, 0.2) is 24.3 Å². The maximum absolute atomic E-state index is 13.3. The number of aliphatic hydroxyl groups is 1. The van der Waals surface area contributed by atoms with Crippen LogP contribution in [0.2, 0.25) is 5.02 Å². The number of carbonyl (C=O) groups excluding carboxylic acids is 3. The minimum absolute atomic E-state index is 0.0156. The predicted molar refractivity (Wildman–Crippen MR) is 105 cm³/mol. The van der Waals surface area contributed by atoms with Gasteiger partial charge in [-0.25, -0.2) is 0 Å². The molecule has 4 rings (SSSR count). The number of rotatable bonds is 5. The molecular weight excluding hydrogens is 398 g/mol. The first-order valence-electron chi connectivity index (χ1n) is 9.67. The highest BCUT2D eigenvalue weighted by molar-refractivity contribution is 6.33. The molecule has 9 heteroatoms. The summed E-state index contributed by atoms with van der Waals surface area (Å²) in [6.07, 6.45) is 1.05. The second kappa shape index (κ2) is 6.97. The third-order valence-electron chi connectivity index (χ3n) is 6.53. The standard InChI is InChI=1S/C20H24ClN3O5/c1-19-7-8-20(29-19)14(13(19)16(26)22-2)18(28)24(9-10-25)15(20)17(27)23-12-6-4-3-5-11(12)21/h3-6,13-15,25H,7-10H2,1-2H3,(H,22,26)(H,23,27)/t13-,14-,15?,19+,20?/m0/s1. The van der Waals surface area contributed by atoms with Gasteiger partial charge in [-0.2, -0.15) is 0 Å². The summed E-state index contributed by atoms with van der Waals surface area (Å²) >= 11 is 6.18. The molecule has 2 bridgehead atoms. The van der Waals surface area contributed by atoms with Crippen molar-refractivity contribution in [2.24, 2.45) is 11.8 Å². The molecule has 156 valence electrons. The fourth-order valence-corrected chi connectivity index (χ4v) is 5.58. The molecule has 3 fully saturated rings. The largest absolute Gasteiger partial charge is 0.395 e. The van der Waals surface area contributed by atoms with E-state index in [4.69, 9.17) is 16.3 Å². The van der Waals surface area contributed by atoms with Crippen molar-refractivity contribution in [1.29, 1.82) is 0 Å². The molecule has 3 amide bonds. The predicted octanol–water partition coefficient (Wildman–Crippen LogP) is 0.782. The molecule has 1 aromatic carbocycles. The van der Waals surface area contributed by atoms with Gasteiger partial charge in [-0.15, -0.1) is 0 Å². The van der Waals surface area contributed by atoms with Crippen LogP contribution in [0.4, 0.5) is 5.69 Å². The van der Waals surface area contributed by atoms with Gasteiger partial charge in [-0.05, 0) is 31.9 Å². The third-order valence-corrected chi connectivity index (χ3v) is 6.86. The van der Waals surface area contributed by atoms with Crippen molar-refractivity contribution in [3.63, 3.8) is 0 Å². The van der Waals surface area contributed by atoms with E-state index in [1.807, 2.05) is 6.92 Å². The molecule has 3 saturated heterocycles. The van der Waals surface area contributed by atoms with Crippen LogP contribution in [-0.4, -0.2) is 65.2 Å². The summed E-state index contributed by atoms with van der Waals surface area (Å²) in [5.74, 6) is -2.51. The molecule has 0 saturated carbocycles. The van der Waals surface area contributed by atoms with Crippen LogP contribution < -0.4 is 10.6 Å². The number of hydrogen-bond acceptors (Lipinski definition) is 5. The topological polar surface area (TPSA) is 108 Å². The minimum Gasteiger partial charge on any atom is -0.395 e. The van der Waals surface area contributed by atoms with Crippen molar-refractivity contribution in [3.8, 4) is 0 Å². The van der Waals surface area contributed by atoms with Crippen molar-refractivity contribution in [1.82, 2.24) is 10.2 Å². The van der Waals surface area contributed by atoms with Crippen molar-refractivity contribution in [2.45, 2.75) is 37.0 Å². The lowest BCUT2D eigenvalue weighted by atomic mass is 9.66. The van der Waals surface area contributed by atoms with Gasteiger partial charge >= 0.3 is 0 Å². The number of carbonyl (C=O) groups is 3. The highest BCUT2D eigenvalue weighted by Crippen LogP contribution is 2.63. The molecule has 29 heavy (non-hydrogen) atoms. The molecule has 0 radical (unpaired) electrons. The van der Waals surface area contributed by atoms with Gasteiger partial charge in [0.15, 0.2) is 0 Å². The molecule has 3 heterocycles. The van der Waals surface area contributed by atoms with Gasteiger partial charge in [0.05, 0.1) is 34.8 Å². The van der Waals surface area contributed by atoms with Crippen LogP contribution in [0.5, 0.6) is 0 Å². The van der Waals surface area contributed by atoms with Crippen molar-refractivity contribution < 1.29 is 24.2 Å². The van der Waals surface area contributed by atoms with E-state index < -0.39 is 35.0 Å². The van der Waals surface area contributed by atoms with Crippen LogP contribution in [0.3, 0.4) is 0 Å². The maximum Gasteiger partial charge on any atom is 0.250 e. The number of anilines is 1. The van der Waals surface area contributed by atoms with E-state index in [2.05, 4.69) is 10.6 Å². The van der Waals surface area contributed by atoms with E-state index in [1.165, 1.54) is 11.9 Å². The first-order valence-corrected chi connectivity index (χ1v) is 10.1. The highest BCUT2D eigenvalue weighted by atomic mass is 35.5. The van der Waals surface area contributed by atoms with Gasteiger partial charge in [-0.1, -0.05) is 23.7 Å². The molecule has 8 nitrogen and oxygen atoms in total. The Bertz CT molecular complexity index is 879. The molecule has 0 aliphatic carbocycles. The summed E-state index contributed by atoms with van der Waals surface area (Å²) in [5, 5.41) is 15.3. The molecular formula is C20H24ClN3O5. The Balaban J connectivity index is 1.74. The van der Waals surface area contributed by atoms with Gasteiger partial charge < -0.3 is 25.4 Å². The number of likely N-dealkylation sites (tertiary alicyclic amines) is 1. The van der Waals surface area contributed by atoms with Gasteiger partial charge in [-0.3, -0.25) is 14.4 Å².